The van der Waals surface area contributed by atoms with Crippen LogP contribution in [0.2, 0.25) is 20.1 Å². The van der Waals surface area contributed by atoms with Gasteiger partial charge in [0.2, 0.25) is 0 Å². The predicted molar refractivity (Wildman–Crippen MR) is 85.6 cm³/mol. The van der Waals surface area contributed by atoms with Crippen molar-refractivity contribution in [1.29, 1.82) is 0 Å². The zero-order valence-electron chi connectivity index (χ0n) is 10.6. The first-order valence-corrected chi connectivity index (χ1v) is 7.63. The van der Waals surface area contributed by atoms with Gasteiger partial charge in [0.15, 0.2) is 5.78 Å². The molecule has 0 fully saturated rings. The molecule has 2 aromatic rings. The van der Waals surface area contributed by atoms with Crippen LogP contribution < -0.4 is 4.74 Å². The first-order valence-electron chi connectivity index (χ1n) is 6.12. The van der Waals surface area contributed by atoms with Gasteiger partial charge in [0, 0.05) is 12.0 Å². The Morgan fingerprint density at radius 1 is 1.00 bits per heavy atom. The number of ketones is 1. The van der Waals surface area contributed by atoms with Gasteiger partial charge in [0.1, 0.15) is 5.75 Å². The molecule has 6 heteroatoms. The Morgan fingerprint density at radius 3 is 2.52 bits per heavy atom. The van der Waals surface area contributed by atoms with Crippen LogP contribution in [0.4, 0.5) is 0 Å². The molecule has 0 N–H and O–H groups in total. The summed E-state index contributed by atoms with van der Waals surface area (Å²) in [6.07, 6.45) is 0.777. The first kappa shape index (κ1) is 15.0. The van der Waals surface area contributed by atoms with Crippen molar-refractivity contribution in [3.8, 4) is 5.75 Å². The van der Waals surface area contributed by atoms with Crippen LogP contribution in [0, 0.1) is 0 Å². The molecule has 0 radical (unpaired) electrons. The van der Waals surface area contributed by atoms with Gasteiger partial charge in [0.25, 0.3) is 0 Å². The molecule has 3 rings (SSSR count). The number of carbonyl (C=O) groups excluding carboxylic acids is 1. The minimum Gasteiger partial charge on any atom is -0.493 e. The minimum atomic E-state index is -0.293. The minimum absolute atomic E-state index is 0.0657. The van der Waals surface area contributed by atoms with E-state index >= 15 is 0 Å². The van der Waals surface area contributed by atoms with E-state index in [1.807, 2.05) is 0 Å². The summed E-state index contributed by atoms with van der Waals surface area (Å²) in [6.45, 7) is 0.626. The zero-order chi connectivity index (χ0) is 15.1. The highest BCUT2D eigenvalue weighted by molar-refractivity contribution is 6.51. The van der Waals surface area contributed by atoms with Gasteiger partial charge < -0.3 is 4.74 Å². The molecule has 2 nitrogen and oxygen atoms in total. The molecule has 0 amide bonds. The Kier molecular flexibility index (Phi) is 4.06. The molecule has 0 aliphatic carbocycles. The van der Waals surface area contributed by atoms with Crippen LogP contribution in [0.5, 0.6) is 5.75 Å². The number of rotatable bonds is 2. The molecular weight excluding hydrogens is 354 g/mol. The monoisotopic (exact) mass is 360 g/mol. The summed E-state index contributed by atoms with van der Waals surface area (Å²) in [5, 5.41) is 0.577. The second-order valence-electron chi connectivity index (χ2n) is 4.59. The summed E-state index contributed by atoms with van der Waals surface area (Å²) >= 11 is 24.1. The maximum absolute atomic E-state index is 12.6. The van der Waals surface area contributed by atoms with Crippen LogP contribution in [0.25, 0.3) is 0 Å². The third kappa shape index (κ3) is 2.62. The maximum atomic E-state index is 12.6. The average molecular weight is 362 g/mol. The molecule has 0 saturated heterocycles. The van der Waals surface area contributed by atoms with E-state index in [-0.39, 0.29) is 31.4 Å². The van der Waals surface area contributed by atoms with Gasteiger partial charge in [-0.2, -0.15) is 0 Å². The third-order valence-electron chi connectivity index (χ3n) is 3.29. The van der Waals surface area contributed by atoms with E-state index in [0.717, 1.165) is 17.7 Å². The van der Waals surface area contributed by atoms with Gasteiger partial charge in [-0.05, 0) is 29.8 Å². The Labute approximate surface area is 141 Å². The van der Waals surface area contributed by atoms with E-state index in [2.05, 4.69) is 0 Å². The van der Waals surface area contributed by atoms with Crippen LogP contribution >= 0.6 is 46.4 Å². The summed E-state index contributed by atoms with van der Waals surface area (Å²) in [6, 6.07) is 6.66. The molecular formula is C15H8Cl4O2. The summed E-state index contributed by atoms with van der Waals surface area (Å²) < 4.78 is 5.42. The second kappa shape index (κ2) is 5.69. The molecule has 0 aromatic heterocycles. The zero-order valence-corrected chi connectivity index (χ0v) is 13.6. The number of ether oxygens (including phenoxy) is 1. The van der Waals surface area contributed by atoms with Crippen LogP contribution in [-0.4, -0.2) is 12.4 Å². The number of hydrogen-bond acceptors (Lipinski definition) is 2. The molecule has 0 spiro atoms. The van der Waals surface area contributed by atoms with Gasteiger partial charge in [-0.1, -0.05) is 46.4 Å². The van der Waals surface area contributed by atoms with Crippen LogP contribution in [0.1, 0.15) is 21.5 Å². The molecule has 0 bridgehead atoms. The van der Waals surface area contributed by atoms with Crippen molar-refractivity contribution in [2.45, 2.75) is 6.42 Å². The van der Waals surface area contributed by atoms with E-state index in [9.17, 15) is 4.79 Å². The second-order valence-corrected chi connectivity index (χ2v) is 6.16. The fourth-order valence-electron chi connectivity index (χ4n) is 2.25. The van der Waals surface area contributed by atoms with Crippen LogP contribution in [0.15, 0.2) is 24.3 Å². The van der Waals surface area contributed by atoms with Crippen LogP contribution in [-0.2, 0) is 6.42 Å². The molecule has 0 atom stereocenters. The molecule has 1 heterocycles. The van der Waals surface area contributed by atoms with E-state index in [1.165, 1.54) is 6.07 Å². The predicted octanol–water partition coefficient (Wildman–Crippen LogP) is 5.47. The first-order chi connectivity index (χ1) is 9.99. The standard InChI is InChI=1S/C15H8Cl4O2/c16-9-6-10(17)13(18)14(19)12(9)15(20)8-1-2-11-7(5-8)3-4-21-11/h1-2,5-6H,3-4H2. The lowest BCUT2D eigenvalue weighted by Crippen LogP contribution is -2.04. The quantitative estimate of drug-likeness (QED) is 0.403. The fraction of sp³-hybridized carbons (Fsp3) is 0.133. The molecule has 0 unspecified atom stereocenters. The molecule has 1 aliphatic heterocycles. The SMILES string of the molecule is O=C(c1ccc2c(c1)CCO2)c1c(Cl)cc(Cl)c(Cl)c1Cl. The van der Waals surface area contributed by atoms with Gasteiger partial charge in [-0.3, -0.25) is 4.79 Å². The molecule has 108 valence electrons. The lowest BCUT2D eigenvalue weighted by atomic mass is 10.0. The summed E-state index contributed by atoms with van der Waals surface area (Å²) in [4.78, 5) is 12.6. The van der Waals surface area contributed by atoms with E-state index in [0.29, 0.717) is 12.2 Å². The highest BCUT2D eigenvalue weighted by Crippen LogP contribution is 2.39. The fourth-order valence-corrected chi connectivity index (χ4v) is 3.33. The number of hydrogen-bond donors (Lipinski definition) is 0. The van der Waals surface area contributed by atoms with Crippen molar-refractivity contribution in [3.63, 3.8) is 0 Å². The van der Waals surface area contributed by atoms with Crippen molar-refractivity contribution < 1.29 is 9.53 Å². The van der Waals surface area contributed by atoms with Crippen molar-refractivity contribution in [2.75, 3.05) is 6.61 Å². The number of benzene rings is 2. The Hall–Kier alpha value is -0.930. The van der Waals surface area contributed by atoms with Gasteiger partial charge in [0.05, 0.1) is 32.3 Å². The third-order valence-corrected chi connectivity index (χ3v) is 4.85. The van der Waals surface area contributed by atoms with Gasteiger partial charge in [-0.25, -0.2) is 0 Å². The highest BCUT2D eigenvalue weighted by Gasteiger charge is 2.22. The average Bonchev–Trinajstić information content (AvgIpc) is 2.92. The van der Waals surface area contributed by atoms with E-state index in [4.69, 9.17) is 51.1 Å². The lowest BCUT2D eigenvalue weighted by Gasteiger charge is -2.10. The number of fused-ring (bicyclic) bond motifs is 1. The van der Waals surface area contributed by atoms with Gasteiger partial charge >= 0.3 is 0 Å². The van der Waals surface area contributed by atoms with Crippen molar-refractivity contribution >= 4 is 52.2 Å². The Bertz CT molecular complexity index is 756. The normalized spacial score (nSPS) is 13.0. The smallest absolute Gasteiger partial charge is 0.196 e. The molecule has 1 aliphatic rings. The van der Waals surface area contributed by atoms with E-state index < -0.39 is 0 Å². The highest BCUT2D eigenvalue weighted by atomic mass is 35.5. The molecule has 21 heavy (non-hydrogen) atoms. The number of halogens is 4. The van der Waals surface area contributed by atoms with Gasteiger partial charge in [-0.15, -0.1) is 0 Å². The molecule has 0 saturated carbocycles. The van der Waals surface area contributed by atoms with Crippen LogP contribution in [0.3, 0.4) is 0 Å². The van der Waals surface area contributed by atoms with Crippen molar-refractivity contribution in [3.05, 3.63) is 61.0 Å². The lowest BCUT2D eigenvalue weighted by molar-refractivity contribution is 0.103. The largest absolute Gasteiger partial charge is 0.493 e. The topological polar surface area (TPSA) is 26.3 Å². The van der Waals surface area contributed by atoms with E-state index in [1.54, 1.807) is 18.2 Å². The maximum Gasteiger partial charge on any atom is 0.196 e. The number of carbonyl (C=O) groups is 1. The molecule has 2 aromatic carbocycles. The summed E-state index contributed by atoms with van der Waals surface area (Å²) in [5.41, 5.74) is 1.64. The Morgan fingerprint density at radius 2 is 1.76 bits per heavy atom. The van der Waals surface area contributed by atoms with Crippen molar-refractivity contribution in [1.82, 2.24) is 0 Å². The Balaban J connectivity index is 2.09. The summed E-state index contributed by atoms with van der Waals surface area (Å²) in [7, 11) is 0. The van der Waals surface area contributed by atoms with Crippen molar-refractivity contribution in [2.24, 2.45) is 0 Å². The summed E-state index contributed by atoms with van der Waals surface area (Å²) in [5.74, 6) is 0.510.